The molecule has 8 nitrogen and oxygen atoms in total. The number of fused-ring (bicyclic) bond motifs is 1. The fourth-order valence-corrected chi connectivity index (χ4v) is 6.29. The Labute approximate surface area is 198 Å². The monoisotopic (exact) mass is 479 g/mol. The second kappa shape index (κ2) is 12.6. The highest BCUT2D eigenvalue weighted by Gasteiger charge is 2.28. The number of hydrogen-bond acceptors (Lipinski definition) is 5. The molecule has 1 aliphatic carbocycles. The lowest BCUT2D eigenvalue weighted by atomic mass is 9.86. The fraction of sp³-hybridized carbons (Fsp3) is 0.792. The maximum Gasteiger partial charge on any atom is 0.211 e. The van der Waals surface area contributed by atoms with E-state index in [0.29, 0.717) is 11.2 Å². The number of aldehydes is 1. The van der Waals surface area contributed by atoms with E-state index in [1.54, 1.807) is 4.63 Å². The highest BCUT2D eigenvalue weighted by atomic mass is 32.2. The predicted octanol–water partition coefficient (Wildman–Crippen LogP) is 5.04. The molecule has 1 saturated carbocycles. The third kappa shape index (κ3) is 7.64. The van der Waals surface area contributed by atoms with Crippen molar-refractivity contribution in [2.24, 2.45) is 0 Å². The van der Waals surface area contributed by atoms with Gasteiger partial charge in [-0.2, -0.15) is 4.63 Å². The lowest BCUT2D eigenvalue weighted by molar-refractivity contribution is 0.112. The third-order valence-electron chi connectivity index (χ3n) is 6.87. The van der Waals surface area contributed by atoms with Gasteiger partial charge in [0.25, 0.3) is 0 Å². The number of unbranched alkanes of at least 4 members (excludes halogenated alkanes) is 9. The van der Waals surface area contributed by atoms with Gasteiger partial charge in [-0.05, 0) is 39.0 Å². The van der Waals surface area contributed by atoms with E-state index in [1.807, 2.05) is 6.92 Å². The molecule has 2 aromatic rings. The van der Waals surface area contributed by atoms with Gasteiger partial charge in [0.05, 0.1) is 11.3 Å². The summed E-state index contributed by atoms with van der Waals surface area (Å²) in [7, 11) is -3.23. The Morgan fingerprint density at radius 3 is 2.21 bits per heavy atom. The molecule has 3 rings (SSSR count). The smallest absolute Gasteiger partial charge is 0.211 e. The topological polar surface area (TPSA) is 109 Å². The van der Waals surface area contributed by atoms with Crippen LogP contribution >= 0.6 is 0 Å². The molecule has 2 aromatic heterocycles. The van der Waals surface area contributed by atoms with Crippen LogP contribution in [0.15, 0.2) is 0 Å². The van der Waals surface area contributed by atoms with Crippen molar-refractivity contribution in [2.45, 2.75) is 116 Å². The van der Waals surface area contributed by atoms with E-state index in [9.17, 15) is 13.2 Å². The van der Waals surface area contributed by atoms with E-state index in [4.69, 9.17) is 0 Å². The van der Waals surface area contributed by atoms with Gasteiger partial charge in [-0.1, -0.05) is 64.7 Å². The van der Waals surface area contributed by atoms with Crippen LogP contribution < -0.4 is 4.72 Å². The van der Waals surface area contributed by atoms with E-state index in [1.165, 1.54) is 44.9 Å². The summed E-state index contributed by atoms with van der Waals surface area (Å²) < 4.78 is 29.5. The zero-order valence-electron chi connectivity index (χ0n) is 20.3. The fourth-order valence-electron chi connectivity index (χ4n) is 4.84. The quantitative estimate of drug-likeness (QED) is 0.275. The summed E-state index contributed by atoms with van der Waals surface area (Å²) in [6, 6.07) is -0.00497. The maximum atomic E-state index is 12.5. The Hall–Kier alpha value is -1.74. The summed E-state index contributed by atoms with van der Waals surface area (Å²) in [4.78, 5) is 15.9. The van der Waals surface area contributed by atoms with Crippen LogP contribution in [0.25, 0.3) is 5.65 Å². The highest BCUT2D eigenvalue weighted by Crippen LogP contribution is 2.32. The SMILES string of the molecule is CCCCCCCCCCCCS(=O)(=O)NC1CCC(c2nc3c(C=O)c(C)[nH]n3n2)CC1. The molecule has 0 aliphatic heterocycles. The Bertz CT molecular complexity index is 974. The van der Waals surface area contributed by atoms with Crippen LogP contribution in [0, 0.1) is 6.92 Å². The van der Waals surface area contributed by atoms with Gasteiger partial charge in [0.2, 0.25) is 10.0 Å². The van der Waals surface area contributed by atoms with Gasteiger partial charge in [-0.15, -0.1) is 5.10 Å². The average molecular weight is 480 g/mol. The van der Waals surface area contributed by atoms with Crippen molar-refractivity contribution in [3.8, 4) is 0 Å². The van der Waals surface area contributed by atoms with Crippen molar-refractivity contribution in [3.63, 3.8) is 0 Å². The number of nitrogens with zero attached hydrogens (tertiary/aromatic N) is 3. The largest absolute Gasteiger partial charge is 0.298 e. The molecular formula is C24H41N5O3S. The third-order valence-corrected chi connectivity index (χ3v) is 8.38. The molecule has 2 heterocycles. The molecule has 0 saturated heterocycles. The van der Waals surface area contributed by atoms with Gasteiger partial charge in [0, 0.05) is 17.7 Å². The van der Waals surface area contributed by atoms with Gasteiger partial charge in [-0.25, -0.2) is 18.1 Å². The van der Waals surface area contributed by atoms with Crippen molar-refractivity contribution in [2.75, 3.05) is 5.75 Å². The number of carbonyl (C=O) groups excluding carboxylic acids is 1. The number of aryl methyl sites for hydroxylation is 1. The standard InChI is InChI=1S/C24H41N5O3S/c1-3-4-5-6-7-8-9-10-11-12-17-33(31,32)28-21-15-13-20(14-16-21)23-25-24-22(18-30)19(2)26-29(24)27-23/h18,20-21,26,28H,3-17H2,1-2H3. The number of aromatic nitrogens is 4. The second-order valence-corrected chi connectivity index (χ2v) is 11.5. The molecule has 0 amide bonds. The van der Waals surface area contributed by atoms with Crippen LogP contribution in [0.4, 0.5) is 0 Å². The molecule has 33 heavy (non-hydrogen) atoms. The molecule has 2 N–H and O–H groups in total. The molecule has 0 unspecified atom stereocenters. The number of carbonyl (C=O) groups is 1. The van der Waals surface area contributed by atoms with Crippen molar-refractivity contribution in [1.29, 1.82) is 0 Å². The van der Waals surface area contributed by atoms with Crippen molar-refractivity contribution in [1.82, 2.24) is 24.5 Å². The number of H-pyrrole nitrogens is 1. The molecule has 0 atom stereocenters. The van der Waals surface area contributed by atoms with Crippen molar-refractivity contribution >= 4 is 22.0 Å². The molecule has 186 valence electrons. The van der Waals surface area contributed by atoms with Gasteiger partial charge in [0.1, 0.15) is 0 Å². The minimum Gasteiger partial charge on any atom is -0.298 e. The zero-order chi connectivity index (χ0) is 23.7. The summed E-state index contributed by atoms with van der Waals surface area (Å²) in [5, 5.41) is 7.55. The zero-order valence-corrected chi connectivity index (χ0v) is 21.1. The van der Waals surface area contributed by atoms with Gasteiger partial charge >= 0.3 is 0 Å². The summed E-state index contributed by atoms with van der Waals surface area (Å²) >= 11 is 0. The molecule has 0 radical (unpaired) electrons. The Morgan fingerprint density at radius 1 is 1.00 bits per heavy atom. The molecular weight excluding hydrogens is 438 g/mol. The molecule has 0 bridgehead atoms. The summed E-state index contributed by atoms with van der Waals surface area (Å²) in [5.41, 5.74) is 1.87. The lowest BCUT2D eigenvalue weighted by Gasteiger charge is -2.27. The number of rotatable bonds is 15. The maximum absolute atomic E-state index is 12.5. The predicted molar refractivity (Wildman–Crippen MR) is 131 cm³/mol. The minimum atomic E-state index is -3.23. The van der Waals surface area contributed by atoms with E-state index >= 15 is 0 Å². The summed E-state index contributed by atoms with van der Waals surface area (Å²) in [6.45, 7) is 4.06. The van der Waals surface area contributed by atoms with Crippen LogP contribution in [-0.2, 0) is 10.0 Å². The molecule has 0 aromatic carbocycles. The molecule has 0 spiro atoms. The first-order valence-electron chi connectivity index (χ1n) is 12.8. The first kappa shape index (κ1) is 25.9. The van der Waals surface area contributed by atoms with Crippen molar-refractivity contribution in [3.05, 3.63) is 17.1 Å². The van der Waals surface area contributed by atoms with Crippen LogP contribution in [-0.4, -0.2) is 46.3 Å². The number of aromatic amines is 1. The van der Waals surface area contributed by atoms with E-state index in [2.05, 4.69) is 26.8 Å². The van der Waals surface area contributed by atoms with Gasteiger partial charge in [0.15, 0.2) is 17.8 Å². The van der Waals surface area contributed by atoms with Crippen LogP contribution in [0.5, 0.6) is 0 Å². The van der Waals surface area contributed by atoms with Crippen LogP contribution in [0.3, 0.4) is 0 Å². The van der Waals surface area contributed by atoms with E-state index in [0.717, 1.165) is 62.8 Å². The van der Waals surface area contributed by atoms with E-state index < -0.39 is 10.0 Å². The highest BCUT2D eigenvalue weighted by molar-refractivity contribution is 7.89. The second-order valence-electron chi connectivity index (χ2n) is 9.64. The Morgan fingerprint density at radius 2 is 1.61 bits per heavy atom. The Kier molecular flexibility index (Phi) is 9.92. The van der Waals surface area contributed by atoms with Crippen LogP contribution in [0.1, 0.15) is 125 Å². The molecule has 1 aliphatic rings. The first-order chi connectivity index (χ1) is 15.9. The normalized spacial score (nSPS) is 19.3. The molecule has 1 fully saturated rings. The Balaban J connectivity index is 1.33. The molecule has 9 heteroatoms. The number of hydrogen-bond donors (Lipinski definition) is 2. The minimum absolute atomic E-state index is 0.00497. The summed E-state index contributed by atoms with van der Waals surface area (Å²) in [6.07, 6.45) is 16.0. The van der Waals surface area contributed by atoms with Gasteiger partial charge < -0.3 is 0 Å². The average Bonchev–Trinajstić information content (AvgIpc) is 3.31. The van der Waals surface area contributed by atoms with Crippen LogP contribution in [0.2, 0.25) is 0 Å². The van der Waals surface area contributed by atoms with E-state index in [-0.39, 0.29) is 17.7 Å². The summed E-state index contributed by atoms with van der Waals surface area (Å²) in [5.74, 6) is 1.15. The van der Waals surface area contributed by atoms with Gasteiger partial charge in [-0.3, -0.25) is 9.89 Å². The lowest BCUT2D eigenvalue weighted by Crippen LogP contribution is -2.38. The first-order valence-corrected chi connectivity index (χ1v) is 14.5. The van der Waals surface area contributed by atoms with Crippen molar-refractivity contribution < 1.29 is 13.2 Å². The number of nitrogens with one attached hydrogen (secondary N) is 2. The number of sulfonamides is 1.